The van der Waals surface area contributed by atoms with E-state index in [1.807, 2.05) is 24.3 Å². The van der Waals surface area contributed by atoms with Crippen LogP contribution in [0.1, 0.15) is 30.0 Å². The molecule has 19 heavy (non-hydrogen) atoms. The highest BCUT2D eigenvalue weighted by molar-refractivity contribution is 5.92. The minimum Gasteiger partial charge on any atom is -0.365 e. The average molecular weight is 255 g/mol. The number of ketones is 1. The molecule has 0 saturated heterocycles. The number of pyridine rings is 2. The van der Waals surface area contributed by atoms with Gasteiger partial charge in [0.1, 0.15) is 5.69 Å². The van der Waals surface area contributed by atoms with Crippen molar-refractivity contribution >= 4 is 11.5 Å². The van der Waals surface area contributed by atoms with Crippen molar-refractivity contribution in [3.63, 3.8) is 0 Å². The van der Waals surface area contributed by atoms with Gasteiger partial charge in [0.2, 0.25) is 0 Å². The summed E-state index contributed by atoms with van der Waals surface area (Å²) in [7, 11) is 0. The first-order chi connectivity index (χ1) is 9.20. The molecule has 0 fully saturated rings. The smallest absolute Gasteiger partial charge is 0.178 e. The molecule has 0 aliphatic carbocycles. The van der Waals surface area contributed by atoms with E-state index in [4.69, 9.17) is 0 Å². The van der Waals surface area contributed by atoms with Crippen LogP contribution in [-0.2, 0) is 6.54 Å². The summed E-state index contributed by atoms with van der Waals surface area (Å²) in [4.78, 5) is 21.9. The van der Waals surface area contributed by atoms with Crippen LogP contribution < -0.4 is 4.90 Å². The van der Waals surface area contributed by atoms with Gasteiger partial charge in [0.15, 0.2) is 5.78 Å². The first kappa shape index (κ1) is 13.2. The number of carbonyl (C=O) groups excluding carboxylic acids is 1. The second-order valence-corrected chi connectivity index (χ2v) is 4.29. The number of rotatable bonds is 5. The molecule has 4 heteroatoms. The van der Waals surface area contributed by atoms with Gasteiger partial charge in [-0.1, -0.05) is 6.07 Å². The van der Waals surface area contributed by atoms with Gasteiger partial charge >= 0.3 is 0 Å². The Labute approximate surface area is 113 Å². The second-order valence-electron chi connectivity index (χ2n) is 4.29. The van der Waals surface area contributed by atoms with Crippen LogP contribution in [0.2, 0.25) is 0 Å². The lowest BCUT2D eigenvalue weighted by Crippen LogP contribution is -2.22. The van der Waals surface area contributed by atoms with E-state index in [1.54, 1.807) is 18.5 Å². The van der Waals surface area contributed by atoms with Crippen LogP contribution in [0.25, 0.3) is 0 Å². The minimum atomic E-state index is -0.0145. The predicted octanol–water partition coefficient (Wildman–Crippen LogP) is 2.71. The highest BCUT2D eigenvalue weighted by atomic mass is 16.1. The topological polar surface area (TPSA) is 46.1 Å². The zero-order valence-corrected chi connectivity index (χ0v) is 11.2. The maximum absolute atomic E-state index is 11.2. The monoisotopic (exact) mass is 255 g/mol. The van der Waals surface area contributed by atoms with E-state index < -0.39 is 0 Å². The van der Waals surface area contributed by atoms with Crippen LogP contribution in [0.5, 0.6) is 0 Å². The molecule has 0 bridgehead atoms. The summed E-state index contributed by atoms with van der Waals surface area (Å²) < 4.78 is 0. The Morgan fingerprint density at radius 2 is 2.05 bits per heavy atom. The minimum absolute atomic E-state index is 0.0145. The number of Topliss-reactive ketones (excluding diaryl/α,β-unsaturated/α-hetero) is 1. The molecule has 0 amide bonds. The lowest BCUT2D eigenvalue weighted by atomic mass is 10.2. The fraction of sp³-hybridized carbons (Fsp3) is 0.267. The molecular formula is C15H17N3O. The highest BCUT2D eigenvalue weighted by Crippen LogP contribution is 2.15. The van der Waals surface area contributed by atoms with Crippen LogP contribution in [0.4, 0.5) is 5.69 Å². The Balaban J connectivity index is 2.15. The Morgan fingerprint density at radius 1 is 1.21 bits per heavy atom. The molecule has 0 aliphatic rings. The summed E-state index contributed by atoms with van der Waals surface area (Å²) in [6.45, 7) is 5.20. The van der Waals surface area contributed by atoms with Gasteiger partial charge in [-0.05, 0) is 31.2 Å². The largest absolute Gasteiger partial charge is 0.365 e. The zero-order chi connectivity index (χ0) is 13.7. The number of aromatic nitrogens is 2. The van der Waals surface area contributed by atoms with E-state index >= 15 is 0 Å². The van der Waals surface area contributed by atoms with Crippen LogP contribution >= 0.6 is 0 Å². The Bertz CT molecular complexity index is 537. The molecule has 0 spiro atoms. The third-order valence-corrected chi connectivity index (χ3v) is 2.93. The average Bonchev–Trinajstić information content (AvgIpc) is 2.46. The van der Waals surface area contributed by atoms with Crippen molar-refractivity contribution in [2.45, 2.75) is 20.4 Å². The number of anilines is 1. The molecule has 2 aromatic rings. The molecule has 0 atom stereocenters. The molecule has 0 N–H and O–H groups in total. The van der Waals surface area contributed by atoms with Crippen molar-refractivity contribution in [3.05, 3.63) is 54.1 Å². The Kier molecular flexibility index (Phi) is 4.23. The van der Waals surface area contributed by atoms with E-state index in [0.717, 1.165) is 24.5 Å². The maximum Gasteiger partial charge on any atom is 0.178 e. The van der Waals surface area contributed by atoms with Gasteiger partial charge in [-0.25, -0.2) is 0 Å². The first-order valence-electron chi connectivity index (χ1n) is 6.32. The third-order valence-electron chi connectivity index (χ3n) is 2.93. The highest BCUT2D eigenvalue weighted by Gasteiger charge is 2.07. The van der Waals surface area contributed by atoms with Gasteiger partial charge in [-0.2, -0.15) is 0 Å². The lowest BCUT2D eigenvalue weighted by Gasteiger charge is -2.22. The van der Waals surface area contributed by atoms with Crippen molar-refractivity contribution in [3.8, 4) is 0 Å². The van der Waals surface area contributed by atoms with Crippen LogP contribution in [0.15, 0.2) is 42.7 Å². The van der Waals surface area contributed by atoms with E-state index in [2.05, 4.69) is 21.8 Å². The quantitative estimate of drug-likeness (QED) is 0.771. The summed E-state index contributed by atoms with van der Waals surface area (Å²) in [5.41, 5.74) is 2.51. The van der Waals surface area contributed by atoms with Crippen molar-refractivity contribution < 1.29 is 4.79 Å². The standard InChI is InChI=1S/C15H17N3O/c1-3-18(11-13-6-4-5-9-16-13)14-7-8-15(12(2)19)17-10-14/h4-10H,3,11H2,1-2H3. The predicted molar refractivity (Wildman–Crippen MR) is 75.2 cm³/mol. The van der Waals surface area contributed by atoms with E-state index in [-0.39, 0.29) is 5.78 Å². The fourth-order valence-electron chi connectivity index (χ4n) is 1.85. The van der Waals surface area contributed by atoms with Gasteiger partial charge in [-0.3, -0.25) is 14.8 Å². The van der Waals surface area contributed by atoms with Crippen LogP contribution in [0, 0.1) is 0 Å². The van der Waals surface area contributed by atoms with Gasteiger partial charge in [0.25, 0.3) is 0 Å². The molecule has 2 rings (SSSR count). The van der Waals surface area contributed by atoms with Crippen LogP contribution in [0.3, 0.4) is 0 Å². The van der Waals surface area contributed by atoms with Gasteiger partial charge in [-0.15, -0.1) is 0 Å². The van der Waals surface area contributed by atoms with Gasteiger partial charge < -0.3 is 4.90 Å². The number of hydrogen-bond acceptors (Lipinski definition) is 4. The summed E-state index contributed by atoms with van der Waals surface area (Å²) in [6, 6.07) is 9.57. The van der Waals surface area contributed by atoms with E-state index in [1.165, 1.54) is 6.92 Å². The number of hydrogen-bond donors (Lipinski definition) is 0. The zero-order valence-electron chi connectivity index (χ0n) is 11.2. The molecule has 0 saturated carbocycles. The normalized spacial score (nSPS) is 10.2. The van der Waals surface area contributed by atoms with E-state index in [0.29, 0.717) is 5.69 Å². The Hall–Kier alpha value is -2.23. The molecule has 0 unspecified atom stereocenters. The van der Waals surface area contributed by atoms with E-state index in [9.17, 15) is 4.79 Å². The molecule has 98 valence electrons. The maximum atomic E-state index is 11.2. The lowest BCUT2D eigenvalue weighted by molar-refractivity contribution is 0.101. The summed E-state index contributed by atoms with van der Waals surface area (Å²) in [5.74, 6) is -0.0145. The number of nitrogens with zero attached hydrogens (tertiary/aromatic N) is 3. The fourth-order valence-corrected chi connectivity index (χ4v) is 1.85. The summed E-state index contributed by atoms with van der Waals surface area (Å²) >= 11 is 0. The van der Waals surface area contributed by atoms with Crippen LogP contribution in [-0.4, -0.2) is 22.3 Å². The van der Waals surface area contributed by atoms with Crippen molar-refractivity contribution in [2.24, 2.45) is 0 Å². The molecule has 4 nitrogen and oxygen atoms in total. The summed E-state index contributed by atoms with van der Waals surface area (Å²) in [5, 5.41) is 0. The molecule has 0 aliphatic heterocycles. The molecule has 2 aromatic heterocycles. The van der Waals surface area contributed by atoms with Gasteiger partial charge in [0.05, 0.1) is 24.1 Å². The Morgan fingerprint density at radius 3 is 2.58 bits per heavy atom. The van der Waals surface area contributed by atoms with Crippen molar-refractivity contribution in [1.82, 2.24) is 9.97 Å². The van der Waals surface area contributed by atoms with Gasteiger partial charge in [0, 0.05) is 19.7 Å². The number of carbonyl (C=O) groups is 1. The SMILES string of the molecule is CCN(Cc1ccccn1)c1ccc(C(C)=O)nc1. The molecule has 2 heterocycles. The second kappa shape index (κ2) is 6.09. The van der Waals surface area contributed by atoms with Crippen molar-refractivity contribution in [1.29, 1.82) is 0 Å². The third kappa shape index (κ3) is 3.37. The molecule has 0 aromatic carbocycles. The van der Waals surface area contributed by atoms with Crippen molar-refractivity contribution in [2.75, 3.05) is 11.4 Å². The molecular weight excluding hydrogens is 238 g/mol. The first-order valence-corrected chi connectivity index (χ1v) is 6.32. The molecule has 0 radical (unpaired) electrons. The summed E-state index contributed by atoms with van der Waals surface area (Å²) in [6.07, 6.45) is 3.53.